The molecule has 1 aromatic carbocycles. The highest BCUT2D eigenvalue weighted by molar-refractivity contribution is 5.33. The third-order valence-corrected chi connectivity index (χ3v) is 2.80. The van der Waals surface area contributed by atoms with Gasteiger partial charge >= 0.3 is 6.18 Å². The molecule has 1 aliphatic rings. The van der Waals surface area contributed by atoms with E-state index in [1.165, 1.54) is 0 Å². The number of aryl methyl sites for hydroxylation is 1. The van der Waals surface area contributed by atoms with Crippen LogP contribution in [0.2, 0.25) is 0 Å². The van der Waals surface area contributed by atoms with E-state index in [0.717, 1.165) is 11.1 Å². The highest BCUT2D eigenvalue weighted by Gasteiger charge is 2.56. The zero-order valence-corrected chi connectivity index (χ0v) is 7.81. The molecular weight excluding hydrogens is 189 g/mol. The summed E-state index contributed by atoms with van der Waals surface area (Å²) < 4.78 is 36.9. The number of hydrogen-bond acceptors (Lipinski definition) is 0. The third-order valence-electron chi connectivity index (χ3n) is 2.80. The van der Waals surface area contributed by atoms with Gasteiger partial charge in [-0.1, -0.05) is 24.3 Å². The van der Waals surface area contributed by atoms with Gasteiger partial charge < -0.3 is 0 Å². The van der Waals surface area contributed by atoms with Crippen LogP contribution in [0.4, 0.5) is 13.2 Å². The van der Waals surface area contributed by atoms with Crippen molar-refractivity contribution in [2.75, 3.05) is 0 Å². The molecule has 0 spiro atoms. The average Bonchev–Trinajstić information content (AvgIpc) is 2.83. The number of rotatable bonds is 1. The van der Waals surface area contributed by atoms with Crippen LogP contribution in [0.15, 0.2) is 24.3 Å². The lowest BCUT2D eigenvalue weighted by atomic mass is 10.0. The summed E-state index contributed by atoms with van der Waals surface area (Å²) in [5.74, 6) is -1.40. The molecule has 3 heteroatoms. The summed E-state index contributed by atoms with van der Waals surface area (Å²) in [5, 5.41) is 0. The van der Waals surface area contributed by atoms with E-state index in [1.807, 2.05) is 19.1 Å². The highest BCUT2D eigenvalue weighted by Crippen LogP contribution is 2.56. The van der Waals surface area contributed by atoms with Gasteiger partial charge in [0.05, 0.1) is 5.92 Å². The van der Waals surface area contributed by atoms with Crippen molar-refractivity contribution >= 4 is 0 Å². The van der Waals surface area contributed by atoms with E-state index < -0.39 is 12.1 Å². The van der Waals surface area contributed by atoms with Gasteiger partial charge in [0.2, 0.25) is 0 Å². The van der Waals surface area contributed by atoms with Crippen LogP contribution in [0.25, 0.3) is 0 Å². The monoisotopic (exact) mass is 200 g/mol. The van der Waals surface area contributed by atoms with Crippen molar-refractivity contribution in [3.05, 3.63) is 35.4 Å². The Hall–Kier alpha value is -0.990. The Morgan fingerprint density at radius 1 is 1.21 bits per heavy atom. The Morgan fingerprint density at radius 2 is 1.86 bits per heavy atom. The first kappa shape index (κ1) is 9.56. The molecule has 1 fully saturated rings. The molecule has 0 N–H and O–H groups in total. The van der Waals surface area contributed by atoms with Crippen LogP contribution in [-0.2, 0) is 0 Å². The molecule has 2 atom stereocenters. The van der Waals surface area contributed by atoms with E-state index in [0.29, 0.717) is 0 Å². The van der Waals surface area contributed by atoms with Crippen LogP contribution < -0.4 is 0 Å². The van der Waals surface area contributed by atoms with Gasteiger partial charge in [-0.2, -0.15) is 13.2 Å². The maximum Gasteiger partial charge on any atom is 0.392 e. The van der Waals surface area contributed by atoms with E-state index >= 15 is 0 Å². The second-order valence-corrected chi connectivity index (χ2v) is 3.85. The Labute approximate surface area is 80.7 Å². The quantitative estimate of drug-likeness (QED) is 0.649. The Morgan fingerprint density at radius 3 is 2.36 bits per heavy atom. The van der Waals surface area contributed by atoms with Crippen molar-refractivity contribution in [1.29, 1.82) is 0 Å². The molecule has 1 aliphatic carbocycles. The number of alkyl halides is 3. The van der Waals surface area contributed by atoms with Gasteiger partial charge in [0.1, 0.15) is 0 Å². The van der Waals surface area contributed by atoms with Gasteiger partial charge in [-0.3, -0.25) is 0 Å². The zero-order chi connectivity index (χ0) is 10.3. The van der Waals surface area contributed by atoms with Crippen LogP contribution in [0.3, 0.4) is 0 Å². The number of halogens is 3. The lowest BCUT2D eigenvalue weighted by Gasteiger charge is -2.07. The third kappa shape index (κ3) is 1.63. The molecule has 1 aromatic rings. The lowest BCUT2D eigenvalue weighted by Crippen LogP contribution is -2.11. The summed E-state index contributed by atoms with van der Waals surface area (Å²) in [4.78, 5) is 0. The number of hydrogen-bond donors (Lipinski definition) is 0. The van der Waals surface area contributed by atoms with Crippen molar-refractivity contribution in [1.82, 2.24) is 0 Å². The minimum atomic E-state index is -4.02. The first-order valence-electron chi connectivity index (χ1n) is 4.62. The van der Waals surface area contributed by atoms with Gasteiger partial charge in [-0.15, -0.1) is 0 Å². The van der Waals surface area contributed by atoms with E-state index in [9.17, 15) is 13.2 Å². The van der Waals surface area contributed by atoms with E-state index in [2.05, 4.69) is 0 Å². The molecular formula is C11H11F3. The molecule has 0 amide bonds. The minimum absolute atomic E-state index is 0.258. The predicted molar refractivity (Wildman–Crippen MR) is 48.1 cm³/mol. The first-order valence-corrected chi connectivity index (χ1v) is 4.62. The molecule has 0 saturated heterocycles. The second-order valence-electron chi connectivity index (χ2n) is 3.85. The summed E-state index contributed by atoms with van der Waals surface area (Å²) in [7, 11) is 0. The van der Waals surface area contributed by atoms with Crippen molar-refractivity contribution < 1.29 is 13.2 Å². The molecule has 0 bridgehead atoms. The standard InChI is InChI=1S/C11H11F3/c1-7-4-2-3-5-8(7)9-6-10(9)11(12,13)14/h2-5,9-10H,6H2,1H3/t9-,10+/m1/s1. The van der Waals surface area contributed by atoms with Crippen molar-refractivity contribution in [2.24, 2.45) is 5.92 Å². The van der Waals surface area contributed by atoms with E-state index in [4.69, 9.17) is 0 Å². The Balaban J connectivity index is 2.18. The molecule has 0 unspecified atom stereocenters. The first-order chi connectivity index (χ1) is 6.50. The Kier molecular flexibility index (Phi) is 2.05. The fourth-order valence-electron chi connectivity index (χ4n) is 1.90. The SMILES string of the molecule is Cc1ccccc1[C@H]1C[C@@H]1C(F)(F)F. The summed E-state index contributed by atoms with van der Waals surface area (Å²) in [6.45, 7) is 1.86. The minimum Gasteiger partial charge on any atom is -0.171 e. The van der Waals surface area contributed by atoms with Gasteiger partial charge in [-0.05, 0) is 30.4 Å². The van der Waals surface area contributed by atoms with Crippen molar-refractivity contribution in [2.45, 2.75) is 25.4 Å². The van der Waals surface area contributed by atoms with Crippen LogP contribution in [0, 0.1) is 12.8 Å². The summed E-state index contributed by atoms with van der Waals surface area (Å²) in [6.07, 6.45) is -3.76. The van der Waals surface area contributed by atoms with Crippen LogP contribution in [0.1, 0.15) is 23.5 Å². The Bertz CT molecular complexity index is 341. The summed E-state index contributed by atoms with van der Waals surface area (Å²) in [6, 6.07) is 7.31. The molecule has 1 saturated carbocycles. The lowest BCUT2D eigenvalue weighted by molar-refractivity contribution is -0.148. The summed E-state index contributed by atoms with van der Waals surface area (Å²) in [5.41, 5.74) is 1.82. The largest absolute Gasteiger partial charge is 0.392 e. The normalized spacial score (nSPS) is 26.3. The van der Waals surface area contributed by atoms with E-state index in [1.54, 1.807) is 12.1 Å². The van der Waals surface area contributed by atoms with E-state index in [-0.39, 0.29) is 12.3 Å². The van der Waals surface area contributed by atoms with Crippen LogP contribution in [-0.4, -0.2) is 6.18 Å². The molecule has 0 aliphatic heterocycles. The molecule has 0 aromatic heterocycles. The summed E-state index contributed by atoms with van der Waals surface area (Å²) >= 11 is 0. The smallest absolute Gasteiger partial charge is 0.171 e. The van der Waals surface area contributed by atoms with Gasteiger partial charge in [0, 0.05) is 0 Å². The molecule has 14 heavy (non-hydrogen) atoms. The second kappa shape index (κ2) is 3.01. The van der Waals surface area contributed by atoms with Gasteiger partial charge in [0.25, 0.3) is 0 Å². The van der Waals surface area contributed by atoms with Crippen molar-refractivity contribution in [3.63, 3.8) is 0 Å². The fraction of sp³-hybridized carbons (Fsp3) is 0.455. The fourth-order valence-corrected chi connectivity index (χ4v) is 1.90. The van der Waals surface area contributed by atoms with Gasteiger partial charge in [-0.25, -0.2) is 0 Å². The maximum absolute atomic E-state index is 12.3. The highest BCUT2D eigenvalue weighted by atomic mass is 19.4. The van der Waals surface area contributed by atoms with Crippen molar-refractivity contribution in [3.8, 4) is 0 Å². The van der Waals surface area contributed by atoms with Crippen LogP contribution >= 0.6 is 0 Å². The van der Waals surface area contributed by atoms with Crippen LogP contribution in [0.5, 0.6) is 0 Å². The molecule has 0 nitrogen and oxygen atoms in total. The number of benzene rings is 1. The predicted octanol–water partition coefficient (Wildman–Crippen LogP) is 3.66. The molecule has 76 valence electrons. The molecule has 2 rings (SSSR count). The average molecular weight is 200 g/mol. The zero-order valence-electron chi connectivity index (χ0n) is 7.81. The molecule has 0 heterocycles. The maximum atomic E-state index is 12.3. The molecule has 0 radical (unpaired) electrons. The topological polar surface area (TPSA) is 0 Å². The van der Waals surface area contributed by atoms with Gasteiger partial charge in [0.15, 0.2) is 0 Å².